The second kappa shape index (κ2) is 5.93. The van der Waals surface area contributed by atoms with Crippen LogP contribution in [0.5, 0.6) is 0 Å². The molecule has 1 aromatic carbocycles. The van der Waals surface area contributed by atoms with Gasteiger partial charge in [-0.1, -0.05) is 6.07 Å². The average molecular weight is 261 g/mol. The number of rotatable bonds is 3. The van der Waals surface area contributed by atoms with Crippen LogP contribution in [0.2, 0.25) is 0 Å². The van der Waals surface area contributed by atoms with Gasteiger partial charge in [0, 0.05) is 37.4 Å². The van der Waals surface area contributed by atoms with Crippen LogP contribution in [0.25, 0.3) is 0 Å². The molecule has 2 atom stereocenters. The minimum atomic E-state index is 0.570. The number of aryl methyl sites for hydroxylation is 2. The number of benzene rings is 1. The van der Waals surface area contributed by atoms with E-state index in [0.717, 1.165) is 19.6 Å². The van der Waals surface area contributed by atoms with Crippen LogP contribution in [0.1, 0.15) is 18.1 Å². The molecule has 2 unspecified atom stereocenters. The molecule has 19 heavy (non-hydrogen) atoms. The molecule has 1 aromatic rings. The lowest BCUT2D eigenvalue weighted by molar-refractivity contribution is 0.190. The Labute approximate surface area is 117 Å². The summed E-state index contributed by atoms with van der Waals surface area (Å²) in [7, 11) is 4.27. The molecule has 0 amide bonds. The fraction of sp³-hybridized carbons (Fsp3) is 0.625. The van der Waals surface area contributed by atoms with Crippen LogP contribution in [0.15, 0.2) is 18.2 Å². The molecule has 1 saturated heterocycles. The Hall–Kier alpha value is -1.06. The first kappa shape index (κ1) is 14.4. The van der Waals surface area contributed by atoms with Crippen molar-refractivity contribution in [2.45, 2.75) is 32.9 Å². The van der Waals surface area contributed by atoms with E-state index in [1.54, 1.807) is 0 Å². The summed E-state index contributed by atoms with van der Waals surface area (Å²) in [5.41, 5.74) is 4.12. The minimum absolute atomic E-state index is 0.570. The lowest BCUT2D eigenvalue weighted by Crippen LogP contribution is -2.58. The van der Waals surface area contributed by atoms with E-state index in [9.17, 15) is 0 Å². The van der Waals surface area contributed by atoms with Crippen molar-refractivity contribution < 1.29 is 0 Å². The van der Waals surface area contributed by atoms with Crippen LogP contribution in [0, 0.1) is 13.8 Å². The van der Waals surface area contributed by atoms with Crippen molar-refractivity contribution in [1.82, 2.24) is 10.2 Å². The summed E-state index contributed by atoms with van der Waals surface area (Å²) in [5.74, 6) is 0. The van der Waals surface area contributed by atoms with Crippen LogP contribution >= 0.6 is 0 Å². The van der Waals surface area contributed by atoms with Crippen LogP contribution < -0.4 is 10.2 Å². The van der Waals surface area contributed by atoms with Crippen molar-refractivity contribution in [1.29, 1.82) is 0 Å². The molecule has 3 nitrogen and oxygen atoms in total. The fourth-order valence-electron chi connectivity index (χ4n) is 2.93. The minimum Gasteiger partial charge on any atom is -0.366 e. The highest BCUT2D eigenvalue weighted by molar-refractivity contribution is 5.52. The first-order chi connectivity index (χ1) is 9.02. The Morgan fingerprint density at radius 2 is 1.95 bits per heavy atom. The quantitative estimate of drug-likeness (QED) is 0.898. The molecule has 3 heteroatoms. The summed E-state index contributed by atoms with van der Waals surface area (Å²) in [4.78, 5) is 5.02. The third-order valence-electron chi connectivity index (χ3n) is 4.38. The predicted octanol–water partition coefficient (Wildman–Crippen LogP) is 2.03. The van der Waals surface area contributed by atoms with Crippen LogP contribution in [-0.4, -0.2) is 50.7 Å². The van der Waals surface area contributed by atoms with E-state index < -0.39 is 0 Å². The highest BCUT2D eigenvalue weighted by Crippen LogP contribution is 2.24. The predicted molar refractivity (Wildman–Crippen MR) is 83.1 cm³/mol. The van der Waals surface area contributed by atoms with Gasteiger partial charge in [0.05, 0.1) is 0 Å². The van der Waals surface area contributed by atoms with Gasteiger partial charge in [-0.3, -0.25) is 4.90 Å². The van der Waals surface area contributed by atoms with Gasteiger partial charge in [-0.2, -0.15) is 0 Å². The molecule has 0 aliphatic carbocycles. The number of likely N-dealkylation sites (N-methyl/N-ethyl adjacent to an activating group) is 2. The van der Waals surface area contributed by atoms with E-state index in [1.165, 1.54) is 16.8 Å². The van der Waals surface area contributed by atoms with Gasteiger partial charge in [0.25, 0.3) is 0 Å². The summed E-state index contributed by atoms with van der Waals surface area (Å²) >= 11 is 0. The Morgan fingerprint density at radius 1 is 1.21 bits per heavy atom. The van der Waals surface area contributed by atoms with Crippen LogP contribution in [0.3, 0.4) is 0 Å². The number of hydrogen-bond acceptors (Lipinski definition) is 3. The number of hydrogen-bond donors (Lipinski definition) is 1. The smallest absolute Gasteiger partial charge is 0.0393 e. The van der Waals surface area contributed by atoms with E-state index in [-0.39, 0.29) is 0 Å². The second-order valence-corrected chi connectivity index (χ2v) is 5.92. The molecule has 0 bridgehead atoms. The van der Waals surface area contributed by atoms with E-state index >= 15 is 0 Å². The summed E-state index contributed by atoms with van der Waals surface area (Å²) in [6, 6.07) is 7.99. The number of piperazine rings is 1. The maximum Gasteiger partial charge on any atom is 0.0393 e. The van der Waals surface area contributed by atoms with Crippen molar-refractivity contribution in [2.24, 2.45) is 0 Å². The monoisotopic (exact) mass is 261 g/mol. The summed E-state index contributed by atoms with van der Waals surface area (Å²) in [6.07, 6.45) is 0. The summed E-state index contributed by atoms with van der Waals surface area (Å²) in [6.45, 7) is 9.97. The molecule has 1 N–H and O–H groups in total. The van der Waals surface area contributed by atoms with Crippen molar-refractivity contribution in [3.05, 3.63) is 29.3 Å². The van der Waals surface area contributed by atoms with E-state index in [0.29, 0.717) is 12.1 Å². The SMILES string of the molecule is CNCC1CN(c2ccc(C)c(C)c2)C(C)CN1C. The van der Waals surface area contributed by atoms with Crippen molar-refractivity contribution in [2.75, 3.05) is 38.6 Å². The summed E-state index contributed by atoms with van der Waals surface area (Å²) in [5, 5.41) is 3.31. The molecular formula is C16H27N3. The van der Waals surface area contributed by atoms with Gasteiger partial charge in [0.2, 0.25) is 0 Å². The average Bonchev–Trinajstić information content (AvgIpc) is 2.36. The third kappa shape index (κ3) is 3.10. The number of nitrogens with one attached hydrogen (secondary N) is 1. The molecule has 0 spiro atoms. The zero-order chi connectivity index (χ0) is 14.0. The van der Waals surface area contributed by atoms with Gasteiger partial charge in [0.15, 0.2) is 0 Å². The molecule has 1 fully saturated rings. The topological polar surface area (TPSA) is 18.5 Å². The molecule has 1 aliphatic rings. The normalized spacial score (nSPS) is 24.8. The van der Waals surface area contributed by atoms with Crippen molar-refractivity contribution in [3.8, 4) is 0 Å². The van der Waals surface area contributed by atoms with Crippen LogP contribution in [0.4, 0.5) is 5.69 Å². The Morgan fingerprint density at radius 3 is 2.58 bits per heavy atom. The van der Waals surface area contributed by atoms with Gasteiger partial charge >= 0.3 is 0 Å². The van der Waals surface area contributed by atoms with Crippen LogP contribution in [-0.2, 0) is 0 Å². The lowest BCUT2D eigenvalue weighted by atomic mass is 10.0. The van der Waals surface area contributed by atoms with E-state index in [2.05, 4.69) is 61.1 Å². The van der Waals surface area contributed by atoms with Crippen molar-refractivity contribution >= 4 is 5.69 Å². The van der Waals surface area contributed by atoms with Gasteiger partial charge in [-0.15, -0.1) is 0 Å². The molecule has 1 aliphatic heterocycles. The fourth-order valence-corrected chi connectivity index (χ4v) is 2.93. The van der Waals surface area contributed by atoms with Gasteiger partial charge < -0.3 is 10.2 Å². The zero-order valence-electron chi connectivity index (χ0n) is 12.9. The largest absolute Gasteiger partial charge is 0.366 e. The Balaban J connectivity index is 2.19. The Bertz CT molecular complexity index is 430. The maximum absolute atomic E-state index is 3.31. The van der Waals surface area contributed by atoms with Gasteiger partial charge in [0.1, 0.15) is 0 Å². The maximum atomic E-state index is 3.31. The molecular weight excluding hydrogens is 234 g/mol. The lowest BCUT2D eigenvalue weighted by Gasteiger charge is -2.45. The Kier molecular flexibility index (Phi) is 4.48. The first-order valence-corrected chi connectivity index (χ1v) is 7.21. The molecule has 2 rings (SSSR count). The van der Waals surface area contributed by atoms with Gasteiger partial charge in [-0.25, -0.2) is 0 Å². The van der Waals surface area contributed by atoms with Gasteiger partial charge in [-0.05, 0) is 58.1 Å². The third-order valence-corrected chi connectivity index (χ3v) is 4.38. The first-order valence-electron chi connectivity index (χ1n) is 7.21. The molecule has 0 aromatic heterocycles. The molecule has 0 saturated carbocycles. The standard InChI is InChI=1S/C16H27N3/c1-12-6-7-15(8-13(12)2)19-11-16(9-17-4)18(5)10-14(19)3/h6-8,14,16-17H,9-11H2,1-5H3. The van der Waals surface area contributed by atoms with E-state index in [1.807, 2.05) is 7.05 Å². The zero-order valence-corrected chi connectivity index (χ0v) is 12.9. The highest BCUT2D eigenvalue weighted by Gasteiger charge is 2.29. The summed E-state index contributed by atoms with van der Waals surface area (Å²) < 4.78 is 0. The van der Waals surface area contributed by atoms with Crippen molar-refractivity contribution in [3.63, 3.8) is 0 Å². The number of anilines is 1. The van der Waals surface area contributed by atoms with E-state index in [4.69, 9.17) is 0 Å². The molecule has 0 radical (unpaired) electrons. The highest BCUT2D eigenvalue weighted by atomic mass is 15.3. The number of nitrogens with zero attached hydrogens (tertiary/aromatic N) is 2. The second-order valence-electron chi connectivity index (χ2n) is 5.92. The molecule has 106 valence electrons. The molecule has 1 heterocycles.